The molecule has 2 unspecified atom stereocenters. The second-order valence-electron chi connectivity index (χ2n) is 9.00. The van der Waals surface area contributed by atoms with E-state index in [0.717, 1.165) is 54.4 Å². The fourth-order valence-corrected chi connectivity index (χ4v) is 4.88. The summed E-state index contributed by atoms with van der Waals surface area (Å²) in [4.78, 5) is 27.5. The number of piperidine rings is 2. The molecule has 3 saturated heterocycles. The first-order valence-corrected chi connectivity index (χ1v) is 11.1. The SMILES string of the molecule is C1NCC2CC12.CN1CCC(n2ncc3c(N4CCC(=O)NC4=O)cccc32)CC1. The van der Waals surface area contributed by atoms with Gasteiger partial charge >= 0.3 is 6.03 Å². The van der Waals surface area contributed by atoms with Crippen molar-refractivity contribution in [2.75, 3.05) is 44.7 Å². The summed E-state index contributed by atoms with van der Waals surface area (Å²) in [6, 6.07) is 5.96. The summed E-state index contributed by atoms with van der Waals surface area (Å²) in [5.41, 5.74) is 1.86. The van der Waals surface area contributed by atoms with Crippen molar-refractivity contribution in [3.63, 3.8) is 0 Å². The number of imide groups is 1. The maximum atomic E-state index is 12.2. The first kappa shape index (κ1) is 19.5. The molecule has 1 aromatic heterocycles. The van der Waals surface area contributed by atoms with Crippen LogP contribution in [0.5, 0.6) is 0 Å². The zero-order valence-corrected chi connectivity index (χ0v) is 17.5. The quantitative estimate of drug-likeness (QED) is 0.791. The minimum Gasteiger partial charge on any atom is -0.316 e. The highest BCUT2D eigenvalue weighted by Gasteiger charge is 2.40. The Morgan fingerprint density at radius 1 is 1.07 bits per heavy atom. The van der Waals surface area contributed by atoms with E-state index in [-0.39, 0.29) is 11.9 Å². The number of hydrogen-bond donors (Lipinski definition) is 2. The summed E-state index contributed by atoms with van der Waals surface area (Å²) in [6.45, 7) is 5.17. The molecule has 30 heavy (non-hydrogen) atoms. The van der Waals surface area contributed by atoms with E-state index in [9.17, 15) is 9.59 Å². The van der Waals surface area contributed by atoms with Gasteiger partial charge in [0.1, 0.15) is 0 Å². The van der Waals surface area contributed by atoms with Crippen molar-refractivity contribution in [3.05, 3.63) is 24.4 Å². The van der Waals surface area contributed by atoms with E-state index >= 15 is 0 Å². The van der Waals surface area contributed by atoms with Gasteiger partial charge in [-0.05, 0) is 76.5 Å². The van der Waals surface area contributed by atoms with E-state index in [1.807, 2.05) is 18.3 Å². The normalized spacial score (nSPS) is 26.9. The number of nitrogens with zero attached hydrogens (tertiary/aromatic N) is 4. The maximum absolute atomic E-state index is 12.2. The van der Waals surface area contributed by atoms with E-state index in [1.54, 1.807) is 4.90 Å². The Hall–Kier alpha value is -2.45. The fraction of sp³-hybridized carbons (Fsp3) is 0.591. The molecule has 0 radical (unpaired) electrons. The number of urea groups is 1. The van der Waals surface area contributed by atoms with Crippen LogP contribution in [0.4, 0.5) is 10.5 Å². The number of carbonyl (C=O) groups is 2. The van der Waals surface area contributed by atoms with Gasteiger partial charge in [-0.25, -0.2) is 4.79 Å². The van der Waals surface area contributed by atoms with Gasteiger partial charge < -0.3 is 10.2 Å². The number of carbonyl (C=O) groups excluding carboxylic acids is 2. The number of fused-ring (bicyclic) bond motifs is 2. The smallest absolute Gasteiger partial charge is 0.316 e. The van der Waals surface area contributed by atoms with Crippen LogP contribution in [0.2, 0.25) is 0 Å². The van der Waals surface area contributed by atoms with Crippen LogP contribution in [0.1, 0.15) is 31.7 Å². The van der Waals surface area contributed by atoms with E-state index in [1.165, 1.54) is 19.5 Å². The molecule has 1 aromatic carbocycles. The average molecular weight is 411 g/mol. The van der Waals surface area contributed by atoms with Gasteiger partial charge in [-0.1, -0.05) is 6.07 Å². The lowest BCUT2D eigenvalue weighted by Gasteiger charge is -2.30. The monoisotopic (exact) mass is 410 g/mol. The van der Waals surface area contributed by atoms with Gasteiger partial charge in [0.2, 0.25) is 5.91 Å². The van der Waals surface area contributed by atoms with Gasteiger partial charge in [0.05, 0.1) is 23.4 Å². The Balaban J connectivity index is 0.000000272. The van der Waals surface area contributed by atoms with E-state index in [0.29, 0.717) is 19.0 Å². The highest BCUT2D eigenvalue weighted by atomic mass is 16.2. The van der Waals surface area contributed by atoms with E-state index in [4.69, 9.17) is 0 Å². The molecule has 0 bridgehead atoms. The second kappa shape index (κ2) is 8.00. The van der Waals surface area contributed by atoms with Gasteiger partial charge in [-0.2, -0.15) is 5.10 Å². The van der Waals surface area contributed by atoms with E-state index < -0.39 is 0 Å². The predicted octanol–water partition coefficient (Wildman–Crippen LogP) is 1.98. The number of hydrogen-bond acceptors (Lipinski definition) is 5. The van der Waals surface area contributed by atoms with Crippen LogP contribution >= 0.6 is 0 Å². The third-order valence-electron chi connectivity index (χ3n) is 6.88. The molecule has 3 aliphatic heterocycles. The first-order valence-electron chi connectivity index (χ1n) is 11.1. The number of amides is 3. The summed E-state index contributed by atoms with van der Waals surface area (Å²) in [6.07, 6.45) is 5.84. The molecule has 2 aromatic rings. The Kier molecular flexibility index (Phi) is 5.20. The molecule has 4 aliphatic rings. The summed E-state index contributed by atoms with van der Waals surface area (Å²) < 4.78 is 2.10. The largest absolute Gasteiger partial charge is 0.328 e. The van der Waals surface area contributed by atoms with Gasteiger partial charge in [-0.15, -0.1) is 0 Å². The van der Waals surface area contributed by atoms with Crippen molar-refractivity contribution in [2.24, 2.45) is 11.8 Å². The number of aromatic nitrogens is 2. The zero-order valence-electron chi connectivity index (χ0n) is 17.5. The number of benzene rings is 1. The predicted molar refractivity (Wildman–Crippen MR) is 115 cm³/mol. The Morgan fingerprint density at radius 3 is 2.47 bits per heavy atom. The molecular formula is C22H30N6O2. The molecule has 160 valence electrons. The van der Waals surface area contributed by atoms with Crippen LogP contribution in [0.3, 0.4) is 0 Å². The summed E-state index contributed by atoms with van der Waals surface area (Å²) in [5.74, 6) is 1.99. The van der Waals surface area contributed by atoms with Crippen LogP contribution in [0.25, 0.3) is 10.9 Å². The summed E-state index contributed by atoms with van der Waals surface area (Å²) in [5, 5.41) is 11.3. The highest BCUT2D eigenvalue weighted by Crippen LogP contribution is 2.40. The number of likely N-dealkylation sites (tertiary alicyclic amines) is 1. The molecule has 4 heterocycles. The van der Waals surface area contributed by atoms with Crippen molar-refractivity contribution >= 4 is 28.5 Å². The Morgan fingerprint density at radius 2 is 1.83 bits per heavy atom. The summed E-state index contributed by atoms with van der Waals surface area (Å²) >= 11 is 0. The molecule has 0 spiro atoms. The van der Waals surface area contributed by atoms with Crippen LogP contribution in [-0.4, -0.2) is 66.4 Å². The van der Waals surface area contributed by atoms with Gasteiger partial charge in [0.15, 0.2) is 0 Å². The minimum absolute atomic E-state index is 0.217. The lowest BCUT2D eigenvalue weighted by atomic mass is 10.1. The molecule has 8 nitrogen and oxygen atoms in total. The van der Waals surface area contributed by atoms with Crippen molar-refractivity contribution in [3.8, 4) is 0 Å². The lowest BCUT2D eigenvalue weighted by Crippen LogP contribution is -2.49. The van der Waals surface area contributed by atoms with Crippen LogP contribution in [-0.2, 0) is 4.79 Å². The molecule has 2 atom stereocenters. The van der Waals surface area contributed by atoms with Crippen molar-refractivity contribution in [2.45, 2.75) is 31.7 Å². The third-order valence-corrected chi connectivity index (χ3v) is 6.88. The van der Waals surface area contributed by atoms with Gasteiger partial charge in [0.25, 0.3) is 0 Å². The minimum atomic E-state index is -0.356. The lowest BCUT2D eigenvalue weighted by molar-refractivity contribution is -0.120. The molecule has 2 N–H and O–H groups in total. The van der Waals surface area contributed by atoms with E-state index in [2.05, 4.69) is 38.4 Å². The molecule has 1 aliphatic carbocycles. The average Bonchev–Trinajstić information content (AvgIpc) is 3.13. The van der Waals surface area contributed by atoms with Crippen molar-refractivity contribution < 1.29 is 9.59 Å². The molecular weight excluding hydrogens is 380 g/mol. The zero-order chi connectivity index (χ0) is 20.7. The number of nitrogens with one attached hydrogen (secondary N) is 2. The molecule has 3 amide bonds. The third kappa shape index (κ3) is 3.81. The standard InChI is InChI=1S/C17H21N5O2.C5H9N/c1-20-8-5-12(6-9-20)22-15-4-2-3-14(13(15)11-18-22)21-10-7-16(23)19-17(21)24;1-4-2-6-3-5(1)4/h2-4,11-12H,5-10H2,1H3,(H,19,23,24);4-6H,1-3H2. The molecule has 4 fully saturated rings. The maximum Gasteiger partial charge on any atom is 0.328 e. The first-order chi connectivity index (χ1) is 14.6. The number of anilines is 1. The fourth-order valence-electron chi connectivity index (χ4n) is 4.88. The van der Waals surface area contributed by atoms with Crippen molar-refractivity contribution in [1.29, 1.82) is 0 Å². The van der Waals surface area contributed by atoms with Crippen LogP contribution < -0.4 is 15.5 Å². The van der Waals surface area contributed by atoms with Crippen LogP contribution in [0, 0.1) is 11.8 Å². The van der Waals surface area contributed by atoms with Gasteiger partial charge in [0, 0.05) is 18.4 Å². The molecule has 6 rings (SSSR count). The number of rotatable bonds is 2. The topological polar surface area (TPSA) is 82.5 Å². The molecule has 1 saturated carbocycles. The Labute approximate surface area is 176 Å². The van der Waals surface area contributed by atoms with Gasteiger partial charge in [-0.3, -0.25) is 19.7 Å². The summed E-state index contributed by atoms with van der Waals surface area (Å²) in [7, 11) is 2.14. The second-order valence-corrected chi connectivity index (χ2v) is 9.00. The highest BCUT2D eigenvalue weighted by molar-refractivity contribution is 6.09. The van der Waals surface area contributed by atoms with Crippen LogP contribution in [0.15, 0.2) is 24.4 Å². The van der Waals surface area contributed by atoms with Crippen molar-refractivity contribution in [1.82, 2.24) is 25.3 Å². The Bertz CT molecular complexity index is 940. The molecule has 8 heteroatoms.